The average molecular weight is 486 g/mol. The van der Waals surface area contributed by atoms with Crippen LogP contribution >= 0.6 is 0 Å². The van der Waals surface area contributed by atoms with Gasteiger partial charge in [0.1, 0.15) is 5.75 Å². The van der Waals surface area contributed by atoms with Crippen LogP contribution in [0.4, 0.5) is 5.69 Å². The van der Waals surface area contributed by atoms with Crippen molar-refractivity contribution in [1.82, 2.24) is 0 Å². The zero-order valence-corrected chi connectivity index (χ0v) is 20.1. The van der Waals surface area contributed by atoms with E-state index in [4.69, 9.17) is 4.74 Å². The maximum atomic E-state index is 14.2. The van der Waals surface area contributed by atoms with Gasteiger partial charge >= 0.3 is 5.97 Å². The minimum atomic E-state index is -0.915. The molecule has 4 aromatic carbocycles. The molecule has 0 aromatic heterocycles. The molecule has 1 aliphatic heterocycles. The number of hydrogen-bond donors (Lipinski definition) is 0. The fourth-order valence-electron chi connectivity index (χ4n) is 6.79. The predicted octanol–water partition coefficient (Wildman–Crippen LogP) is 5.69. The Bertz CT molecular complexity index is 1560. The first-order chi connectivity index (χ1) is 18.0. The van der Waals surface area contributed by atoms with E-state index in [-0.39, 0.29) is 29.4 Å². The van der Waals surface area contributed by atoms with Gasteiger partial charge < -0.3 is 4.74 Å². The molecule has 0 N–H and O–H groups in total. The first-order valence-electron chi connectivity index (χ1n) is 12.4. The van der Waals surface area contributed by atoms with Crippen molar-refractivity contribution in [2.24, 2.45) is 11.3 Å². The lowest BCUT2D eigenvalue weighted by atomic mass is 9.48. The van der Waals surface area contributed by atoms with E-state index in [2.05, 4.69) is 24.3 Å². The second-order valence-corrected chi connectivity index (χ2v) is 10.2. The summed E-state index contributed by atoms with van der Waals surface area (Å²) in [7, 11) is 0. The molecule has 1 fully saturated rings. The van der Waals surface area contributed by atoms with E-state index in [0.717, 1.165) is 22.3 Å². The Morgan fingerprint density at radius 2 is 1.35 bits per heavy atom. The smallest absolute Gasteiger partial charge is 0.343 e. The lowest BCUT2D eigenvalue weighted by molar-refractivity contribution is -0.128. The Kier molecular flexibility index (Phi) is 4.55. The molecule has 180 valence electrons. The summed E-state index contributed by atoms with van der Waals surface area (Å²) in [5, 5.41) is 0. The van der Waals surface area contributed by atoms with Crippen molar-refractivity contribution in [3.63, 3.8) is 0 Å². The lowest BCUT2D eigenvalue weighted by Gasteiger charge is -2.51. The van der Waals surface area contributed by atoms with E-state index in [9.17, 15) is 14.4 Å². The van der Waals surface area contributed by atoms with Gasteiger partial charge in [-0.05, 0) is 53.4 Å². The third kappa shape index (κ3) is 2.88. The molecule has 0 unspecified atom stereocenters. The van der Waals surface area contributed by atoms with Crippen LogP contribution in [0.15, 0.2) is 103 Å². The molecule has 2 amide bonds. The van der Waals surface area contributed by atoms with Crippen molar-refractivity contribution < 1.29 is 19.1 Å². The van der Waals surface area contributed by atoms with Crippen molar-refractivity contribution in [1.29, 1.82) is 0 Å². The third-order valence-corrected chi connectivity index (χ3v) is 8.31. The van der Waals surface area contributed by atoms with Crippen LogP contribution in [0.5, 0.6) is 5.75 Å². The summed E-state index contributed by atoms with van der Waals surface area (Å²) in [5.74, 6) is -1.56. The quantitative estimate of drug-likeness (QED) is 0.212. The van der Waals surface area contributed by atoms with Crippen LogP contribution in [0.1, 0.15) is 51.4 Å². The van der Waals surface area contributed by atoms with E-state index in [1.807, 2.05) is 37.3 Å². The molecule has 2 bridgehead atoms. The van der Waals surface area contributed by atoms with Gasteiger partial charge in [-0.15, -0.1) is 0 Å². The largest absolute Gasteiger partial charge is 0.423 e. The highest BCUT2D eigenvalue weighted by molar-refractivity contribution is 6.25. The highest BCUT2D eigenvalue weighted by Gasteiger charge is 2.68. The van der Waals surface area contributed by atoms with Crippen molar-refractivity contribution in [3.8, 4) is 5.75 Å². The molecule has 5 heteroatoms. The minimum Gasteiger partial charge on any atom is -0.423 e. The van der Waals surface area contributed by atoms with Gasteiger partial charge in [0.05, 0.1) is 22.6 Å². The summed E-state index contributed by atoms with van der Waals surface area (Å²) in [4.78, 5) is 42.3. The maximum absolute atomic E-state index is 14.2. The van der Waals surface area contributed by atoms with E-state index in [1.54, 1.807) is 48.5 Å². The number of anilines is 1. The molecule has 8 rings (SSSR count). The Morgan fingerprint density at radius 3 is 2.00 bits per heavy atom. The van der Waals surface area contributed by atoms with E-state index < -0.39 is 17.3 Å². The topological polar surface area (TPSA) is 63.7 Å². The standard InChI is InChI=1S/C32H23NO4/c1-32-27-24-16-7-5-14-22(24)26(23-15-6-8-17-25(23)27)28(32)29(34)33(31(32)36)20-12-9-13-21(18-20)37-30(35)19-10-3-2-4-11-19/h2-18,26-28H,1H3/t26?,27?,28-,32-/m1/s1. The van der Waals surface area contributed by atoms with Crippen LogP contribution in [0, 0.1) is 11.3 Å². The van der Waals surface area contributed by atoms with Gasteiger partial charge in [0.2, 0.25) is 11.8 Å². The van der Waals surface area contributed by atoms with Gasteiger partial charge in [-0.2, -0.15) is 0 Å². The molecule has 5 nitrogen and oxygen atoms in total. The molecule has 0 saturated carbocycles. The first kappa shape index (κ1) is 21.7. The summed E-state index contributed by atoms with van der Waals surface area (Å²) in [6, 6.07) is 31.8. The molecule has 4 aliphatic rings. The fourth-order valence-corrected chi connectivity index (χ4v) is 6.79. The Morgan fingerprint density at radius 1 is 0.757 bits per heavy atom. The number of ether oxygens (including phenoxy) is 1. The van der Waals surface area contributed by atoms with E-state index in [1.165, 1.54) is 4.90 Å². The highest BCUT2D eigenvalue weighted by Crippen LogP contribution is 2.67. The number of hydrogen-bond acceptors (Lipinski definition) is 4. The van der Waals surface area contributed by atoms with Crippen LogP contribution in [0.2, 0.25) is 0 Å². The average Bonchev–Trinajstić information content (AvgIpc) is 3.14. The molecule has 2 atom stereocenters. The van der Waals surface area contributed by atoms with Crippen LogP contribution in [-0.2, 0) is 9.59 Å². The lowest BCUT2D eigenvalue weighted by Crippen LogP contribution is -2.49. The Balaban J connectivity index is 1.30. The van der Waals surface area contributed by atoms with Crippen LogP contribution in [-0.4, -0.2) is 17.8 Å². The first-order valence-corrected chi connectivity index (χ1v) is 12.4. The molecule has 0 spiro atoms. The van der Waals surface area contributed by atoms with Gasteiger partial charge in [0.25, 0.3) is 0 Å². The van der Waals surface area contributed by atoms with Crippen LogP contribution in [0.3, 0.4) is 0 Å². The van der Waals surface area contributed by atoms with Crippen molar-refractivity contribution in [2.75, 3.05) is 4.90 Å². The Labute approximate surface area is 214 Å². The Hall–Kier alpha value is -4.51. The molecular formula is C32H23NO4. The van der Waals surface area contributed by atoms with Gasteiger partial charge in [-0.3, -0.25) is 9.59 Å². The molecule has 0 radical (unpaired) electrons. The number of benzene rings is 4. The molecule has 1 heterocycles. The zero-order valence-electron chi connectivity index (χ0n) is 20.1. The normalized spacial score (nSPS) is 24.9. The number of esters is 1. The van der Waals surface area contributed by atoms with Crippen molar-refractivity contribution in [3.05, 3.63) is 131 Å². The number of carbonyl (C=O) groups excluding carboxylic acids is 3. The fraction of sp³-hybridized carbons (Fsp3) is 0.156. The number of carbonyl (C=O) groups is 3. The van der Waals surface area contributed by atoms with Crippen LogP contribution in [0.25, 0.3) is 0 Å². The number of amides is 2. The number of nitrogens with zero attached hydrogens (tertiary/aromatic N) is 1. The molecule has 4 aromatic rings. The maximum Gasteiger partial charge on any atom is 0.343 e. The van der Waals surface area contributed by atoms with Gasteiger partial charge in [0.15, 0.2) is 0 Å². The zero-order chi connectivity index (χ0) is 25.3. The highest BCUT2D eigenvalue weighted by atomic mass is 16.5. The van der Waals surface area contributed by atoms with E-state index >= 15 is 0 Å². The molecule has 37 heavy (non-hydrogen) atoms. The molecular weight excluding hydrogens is 462 g/mol. The van der Waals surface area contributed by atoms with Crippen molar-refractivity contribution >= 4 is 23.5 Å². The summed E-state index contributed by atoms with van der Waals surface area (Å²) < 4.78 is 5.58. The van der Waals surface area contributed by atoms with Gasteiger partial charge in [0, 0.05) is 17.9 Å². The van der Waals surface area contributed by atoms with Crippen LogP contribution < -0.4 is 9.64 Å². The monoisotopic (exact) mass is 485 g/mol. The van der Waals surface area contributed by atoms with Gasteiger partial charge in [-0.25, -0.2) is 9.69 Å². The molecule has 1 saturated heterocycles. The second kappa shape index (κ2) is 7.74. The summed E-state index contributed by atoms with van der Waals surface area (Å²) in [6.45, 7) is 1.95. The van der Waals surface area contributed by atoms with Gasteiger partial charge in [-0.1, -0.05) is 72.8 Å². The summed E-state index contributed by atoms with van der Waals surface area (Å²) >= 11 is 0. The second-order valence-electron chi connectivity index (χ2n) is 10.2. The van der Waals surface area contributed by atoms with E-state index in [0.29, 0.717) is 11.3 Å². The molecule has 3 aliphatic carbocycles. The van der Waals surface area contributed by atoms with Crippen molar-refractivity contribution in [2.45, 2.75) is 18.8 Å². The number of imide groups is 1. The third-order valence-electron chi connectivity index (χ3n) is 8.31. The SMILES string of the molecule is C[C@]12C(=O)N(c3cccc(OC(=O)c4ccccc4)c3)C(=O)[C@H]1C1c3ccccc3C2c2ccccc21. The minimum absolute atomic E-state index is 0.192. The summed E-state index contributed by atoms with van der Waals surface area (Å²) in [6.07, 6.45) is 0. The summed E-state index contributed by atoms with van der Waals surface area (Å²) in [5.41, 5.74) is 4.42. The number of rotatable bonds is 3. The predicted molar refractivity (Wildman–Crippen MR) is 139 cm³/mol.